The highest BCUT2D eigenvalue weighted by atomic mass is 32.2. The highest BCUT2D eigenvalue weighted by Gasteiger charge is 2.14. The molecule has 0 atom stereocenters. The van der Waals surface area contributed by atoms with Gasteiger partial charge in [0.15, 0.2) is 0 Å². The zero-order valence-electron chi connectivity index (χ0n) is 15.5. The Bertz CT molecular complexity index is 1100. The summed E-state index contributed by atoms with van der Waals surface area (Å²) in [6.07, 6.45) is 2.79. The monoisotopic (exact) mass is 409 g/mol. The number of hydrogen-bond acceptors (Lipinski definition) is 6. The summed E-state index contributed by atoms with van der Waals surface area (Å²) in [5.74, 6) is 0.597. The first-order valence-corrected chi connectivity index (χ1v) is 10.6. The van der Waals surface area contributed by atoms with Crippen LogP contribution < -0.4 is 5.32 Å². The van der Waals surface area contributed by atoms with E-state index >= 15 is 0 Å². The predicted octanol–water partition coefficient (Wildman–Crippen LogP) is 4.39. The molecule has 0 bridgehead atoms. The van der Waals surface area contributed by atoms with E-state index in [1.54, 1.807) is 27.6 Å². The highest BCUT2D eigenvalue weighted by Crippen LogP contribution is 2.32. The average molecular weight is 410 g/mol. The Hall–Kier alpha value is -2.71. The van der Waals surface area contributed by atoms with Crippen molar-refractivity contribution in [1.82, 2.24) is 19.6 Å². The molecular weight excluding hydrogens is 390 g/mol. The number of carbonyl (C=O) groups excluding carboxylic acids is 1. The Morgan fingerprint density at radius 2 is 2.07 bits per heavy atom. The van der Waals surface area contributed by atoms with Gasteiger partial charge in [-0.05, 0) is 49.1 Å². The van der Waals surface area contributed by atoms with Crippen molar-refractivity contribution >= 4 is 40.5 Å². The summed E-state index contributed by atoms with van der Waals surface area (Å²) >= 11 is 3.22. The third kappa shape index (κ3) is 3.93. The molecule has 142 valence electrons. The number of hydrogen-bond donors (Lipinski definition) is 1. The lowest BCUT2D eigenvalue weighted by Crippen LogP contribution is -2.13. The molecule has 1 N–H and O–H groups in total. The van der Waals surface area contributed by atoms with Crippen molar-refractivity contribution in [2.24, 2.45) is 0 Å². The molecule has 1 amide bonds. The SMILES string of the molecule is CCc1c(C)nc2ncnn2c1Sc1ccc(NC(=O)Cc2cccs2)cc1. The predicted molar refractivity (Wildman–Crippen MR) is 112 cm³/mol. The standard InChI is InChI=1S/C20H19N5OS2/c1-3-17-13(2)23-20-21-12-22-25(20)19(17)28-15-8-6-14(7-9-15)24-18(26)11-16-5-4-10-27-16/h4-10,12H,3,11H2,1-2H3,(H,24,26). The molecule has 0 aliphatic rings. The third-order valence-corrected chi connectivity index (χ3v) is 6.30. The van der Waals surface area contributed by atoms with Gasteiger partial charge in [0.1, 0.15) is 11.4 Å². The first kappa shape index (κ1) is 18.6. The second-order valence-electron chi connectivity index (χ2n) is 6.24. The lowest BCUT2D eigenvalue weighted by Gasteiger charge is -2.12. The molecule has 0 fully saturated rings. The lowest BCUT2D eigenvalue weighted by atomic mass is 10.2. The van der Waals surface area contributed by atoms with Crippen molar-refractivity contribution in [2.75, 3.05) is 5.32 Å². The van der Waals surface area contributed by atoms with Gasteiger partial charge in [-0.1, -0.05) is 24.8 Å². The topological polar surface area (TPSA) is 72.2 Å². The summed E-state index contributed by atoms with van der Waals surface area (Å²) in [6, 6.07) is 11.8. The molecule has 0 unspecified atom stereocenters. The summed E-state index contributed by atoms with van der Waals surface area (Å²) in [6.45, 7) is 4.12. The maximum Gasteiger partial charge on any atom is 0.253 e. The summed E-state index contributed by atoms with van der Waals surface area (Å²) in [4.78, 5) is 23.0. The molecule has 3 heterocycles. The number of aryl methyl sites for hydroxylation is 1. The van der Waals surface area contributed by atoms with Crippen molar-refractivity contribution in [1.29, 1.82) is 0 Å². The quantitative estimate of drug-likeness (QED) is 0.478. The minimum atomic E-state index is -0.00907. The van der Waals surface area contributed by atoms with Gasteiger partial charge >= 0.3 is 0 Å². The summed E-state index contributed by atoms with van der Waals surface area (Å²) in [5.41, 5.74) is 2.93. The molecule has 28 heavy (non-hydrogen) atoms. The van der Waals surface area contributed by atoms with E-state index in [4.69, 9.17) is 0 Å². The second kappa shape index (κ2) is 8.12. The van der Waals surface area contributed by atoms with E-state index in [0.29, 0.717) is 12.2 Å². The van der Waals surface area contributed by atoms with Gasteiger partial charge in [0.05, 0.1) is 6.42 Å². The van der Waals surface area contributed by atoms with Gasteiger partial charge in [0.25, 0.3) is 5.78 Å². The van der Waals surface area contributed by atoms with Crippen LogP contribution in [-0.2, 0) is 17.6 Å². The largest absolute Gasteiger partial charge is 0.326 e. The van der Waals surface area contributed by atoms with E-state index in [1.165, 1.54) is 6.33 Å². The van der Waals surface area contributed by atoms with E-state index in [1.807, 2.05) is 48.7 Å². The van der Waals surface area contributed by atoms with Crippen LogP contribution in [0.1, 0.15) is 23.1 Å². The summed E-state index contributed by atoms with van der Waals surface area (Å²) < 4.78 is 1.78. The number of fused-ring (bicyclic) bond motifs is 1. The van der Waals surface area contributed by atoms with Crippen LogP contribution in [0.4, 0.5) is 5.69 Å². The van der Waals surface area contributed by atoms with Crippen LogP contribution in [0, 0.1) is 6.92 Å². The number of nitrogens with zero attached hydrogens (tertiary/aromatic N) is 4. The minimum Gasteiger partial charge on any atom is -0.326 e. The number of benzene rings is 1. The first-order valence-electron chi connectivity index (χ1n) is 8.93. The second-order valence-corrected chi connectivity index (χ2v) is 8.33. The Labute approximate surface area is 171 Å². The molecule has 6 nitrogen and oxygen atoms in total. The number of amides is 1. The Kier molecular flexibility index (Phi) is 5.40. The van der Waals surface area contributed by atoms with Crippen LogP contribution in [0.3, 0.4) is 0 Å². The zero-order valence-corrected chi connectivity index (χ0v) is 17.2. The van der Waals surface area contributed by atoms with Gasteiger partial charge in [-0.15, -0.1) is 11.3 Å². The zero-order chi connectivity index (χ0) is 19.5. The number of nitrogens with one attached hydrogen (secondary N) is 1. The molecule has 1 aromatic carbocycles. The molecular formula is C20H19N5OS2. The smallest absolute Gasteiger partial charge is 0.253 e. The Morgan fingerprint density at radius 3 is 2.79 bits per heavy atom. The molecule has 0 saturated heterocycles. The van der Waals surface area contributed by atoms with Crippen molar-refractivity contribution < 1.29 is 4.79 Å². The number of rotatable bonds is 6. The molecule has 8 heteroatoms. The Morgan fingerprint density at radius 1 is 1.25 bits per heavy atom. The van der Waals surface area contributed by atoms with Gasteiger partial charge in [0, 0.05) is 26.7 Å². The fourth-order valence-electron chi connectivity index (χ4n) is 2.96. The van der Waals surface area contributed by atoms with Crippen LogP contribution in [0.5, 0.6) is 0 Å². The van der Waals surface area contributed by atoms with E-state index in [2.05, 4.69) is 27.3 Å². The lowest BCUT2D eigenvalue weighted by molar-refractivity contribution is -0.115. The van der Waals surface area contributed by atoms with E-state index in [0.717, 1.165) is 38.2 Å². The van der Waals surface area contributed by atoms with Crippen molar-refractivity contribution in [3.05, 3.63) is 64.2 Å². The van der Waals surface area contributed by atoms with Crippen molar-refractivity contribution in [3.63, 3.8) is 0 Å². The molecule has 0 aliphatic carbocycles. The molecule has 0 radical (unpaired) electrons. The van der Waals surface area contributed by atoms with Crippen LogP contribution >= 0.6 is 23.1 Å². The molecule has 0 aliphatic heterocycles. The van der Waals surface area contributed by atoms with E-state index in [9.17, 15) is 4.79 Å². The number of anilines is 1. The molecule has 4 aromatic rings. The normalized spacial score (nSPS) is 11.1. The van der Waals surface area contributed by atoms with Gasteiger partial charge in [-0.3, -0.25) is 4.79 Å². The van der Waals surface area contributed by atoms with E-state index < -0.39 is 0 Å². The summed E-state index contributed by atoms with van der Waals surface area (Å²) in [5, 5.41) is 10.3. The number of carbonyl (C=O) groups is 1. The molecule has 0 saturated carbocycles. The van der Waals surface area contributed by atoms with Crippen LogP contribution in [-0.4, -0.2) is 25.5 Å². The highest BCUT2D eigenvalue weighted by molar-refractivity contribution is 7.99. The maximum absolute atomic E-state index is 12.2. The van der Waals surface area contributed by atoms with Gasteiger partial charge in [0.2, 0.25) is 5.91 Å². The summed E-state index contributed by atoms with van der Waals surface area (Å²) in [7, 11) is 0. The van der Waals surface area contributed by atoms with Crippen molar-refractivity contribution in [3.8, 4) is 0 Å². The van der Waals surface area contributed by atoms with Crippen LogP contribution in [0.2, 0.25) is 0 Å². The van der Waals surface area contributed by atoms with Gasteiger partial charge in [-0.25, -0.2) is 4.98 Å². The fraction of sp³-hybridized carbons (Fsp3) is 0.200. The van der Waals surface area contributed by atoms with Crippen molar-refractivity contribution in [2.45, 2.75) is 36.6 Å². The van der Waals surface area contributed by atoms with Crippen LogP contribution in [0.25, 0.3) is 5.78 Å². The van der Waals surface area contributed by atoms with Crippen LogP contribution in [0.15, 0.2) is 58.0 Å². The number of thiophene rings is 1. The third-order valence-electron chi connectivity index (χ3n) is 4.31. The first-order chi connectivity index (χ1) is 13.6. The Balaban J connectivity index is 1.51. The molecule has 0 spiro atoms. The van der Waals surface area contributed by atoms with Gasteiger partial charge < -0.3 is 5.32 Å². The molecule has 3 aromatic heterocycles. The maximum atomic E-state index is 12.2. The molecule has 4 rings (SSSR count). The number of aromatic nitrogens is 4. The van der Waals surface area contributed by atoms with E-state index in [-0.39, 0.29) is 5.91 Å². The average Bonchev–Trinajstić information content (AvgIpc) is 3.35. The fourth-order valence-corrected chi connectivity index (χ4v) is 4.79. The minimum absolute atomic E-state index is 0.00907. The van der Waals surface area contributed by atoms with Gasteiger partial charge in [-0.2, -0.15) is 14.6 Å².